The molecule has 0 aliphatic rings. The molecule has 2 N–H and O–H groups in total. The molecular weight excluding hydrogens is 260 g/mol. The van der Waals surface area contributed by atoms with Crippen molar-refractivity contribution in [3.05, 3.63) is 40.9 Å². The zero-order valence-corrected chi connectivity index (χ0v) is 9.40. The SMILES string of the molecule is Nc1cnc(OCc2ccco2)c(Br)c1. The van der Waals surface area contributed by atoms with E-state index >= 15 is 0 Å². The standard InChI is InChI=1S/C10H9BrN2O2/c11-9-4-7(12)5-13-10(9)15-6-8-2-1-3-14-8/h1-5H,6,12H2. The molecule has 2 rings (SSSR count). The number of anilines is 1. The Morgan fingerprint density at radius 1 is 1.53 bits per heavy atom. The van der Waals surface area contributed by atoms with Crippen LogP contribution in [-0.4, -0.2) is 4.98 Å². The predicted octanol–water partition coefficient (Wildman–Crippen LogP) is 2.60. The lowest BCUT2D eigenvalue weighted by molar-refractivity contribution is 0.259. The van der Waals surface area contributed by atoms with Gasteiger partial charge in [0, 0.05) is 0 Å². The van der Waals surface area contributed by atoms with Gasteiger partial charge < -0.3 is 14.9 Å². The van der Waals surface area contributed by atoms with Crippen LogP contribution in [0.4, 0.5) is 5.69 Å². The quantitative estimate of drug-likeness (QED) is 0.930. The first-order valence-corrected chi connectivity index (χ1v) is 5.11. The number of furan rings is 1. The molecule has 0 radical (unpaired) electrons. The second-order valence-corrected chi connectivity index (χ2v) is 3.78. The van der Waals surface area contributed by atoms with E-state index in [4.69, 9.17) is 14.9 Å². The van der Waals surface area contributed by atoms with E-state index in [1.165, 1.54) is 0 Å². The summed E-state index contributed by atoms with van der Waals surface area (Å²) < 4.78 is 11.3. The number of pyridine rings is 1. The number of ether oxygens (including phenoxy) is 1. The van der Waals surface area contributed by atoms with Gasteiger partial charge in [-0.15, -0.1) is 0 Å². The summed E-state index contributed by atoms with van der Waals surface area (Å²) in [5.74, 6) is 1.25. The fourth-order valence-electron chi connectivity index (χ4n) is 1.08. The van der Waals surface area contributed by atoms with Crippen LogP contribution in [0.15, 0.2) is 39.5 Å². The molecular formula is C10H9BrN2O2. The van der Waals surface area contributed by atoms with Crippen LogP contribution in [0, 0.1) is 0 Å². The summed E-state index contributed by atoms with van der Waals surface area (Å²) in [6.07, 6.45) is 3.15. The van der Waals surface area contributed by atoms with Crippen LogP contribution in [0.25, 0.3) is 0 Å². The highest BCUT2D eigenvalue weighted by atomic mass is 79.9. The van der Waals surface area contributed by atoms with Gasteiger partial charge in [0.25, 0.3) is 0 Å². The minimum atomic E-state index is 0.350. The molecule has 2 heterocycles. The van der Waals surface area contributed by atoms with Gasteiger partial charge >= 0.3 is 0 Å². The fourth-order valence-corrected chi connectivity index (χ4v) is 1.56. The van der Waals surface area contributed by atoms with Gasteiger partial charge in [0.05, 0.1) is 22.6 Å². The molecule has 0 aliphatic heterocycles. The second-order valence-electron chi connectivity index (χ2n) is 2.92. The molecule has 78 valence electrons. The number of hydrogen-bond donors (Lipinski definition) is 1. The number of nitrogens with zero attached hydrogens (tertiary/aromatic N) is 1. The van der Waals surface area contributed by atoms with Gasteiger partial charge in [-0.3, -0.25) is 0 Å². The fraction of sp³-hybridized carbons (Fsp3) is 0.100. The molecule has 0 saturated heterocycles. The molecule has 0 amide bonds. The van der Waals surface area contributed by atoms with Crippen molar-refractivity contribution in [2.24, 2.45) is 0 Å². The number of hydrogen-bond acceptors (Lipinski definition) is 4. The maximum absolute atomic E-state index is 5.55. The zero-order valence-electron chi connectivity index (χ0n) is 7.81. The maximum atomic E-state index is 5.55. The van der Waals surface area contributed by atoms with Gasteiger partial charge in [0.1, 0.15) is 12.4 Å². The molecule has 5 heteroatoms. The molecule has 0 aromatic carbocycles. The van der Waals surface area contributed by atoms with Gasteiger partial charge in [-0.2, -0.15) is 0 Å². The Morgan fingerprint density at radius 2 is 2.40 bits per heavy atom. The summed E-state index contributed by atoms with van der Waals surface area (Å²) in [6.45, 7) is 0.350. The Bertz CT molecular complexity index is 443. The van der Waals surface area contributed by atoms with Crippen molar-refractivity contribution in [1.29, 1.82) is 0 Å². The smallest absolute Gasteiger partial charge is 0.228 e. The third kappa shape index (κ3) is 2.50. The Labute approximate surface area is 95.2 Å². The molecule has 0 bridgehead atoms. The van der Waals surface area contributed by atoms with E-state index in [0.29, 0.717) is 18.2 Å². The third-order valence-corrected chi connectivity index (χ3v) is 2.33. The Kier molecular flexibility index (Phi) is 2.91. The summed E-state index contributed by atoms with van der Waals surface area (Å²) in [6, 6.07) is 5.39. The van der Waals surface area contributed by atoms with Crippen molar-refractivity contribution in [2.75, 3.05) is 5.73 Å². The molecule has 0 fully saturated rings. The van der Waals surface area contributed by atoms with Crippen LogP contribution in [0.1, 0.15) is 5.76 Å². The summed E-state index contributed by atoms with van der Waals surface area (Å²) in [7, 11) is 0. The van der Waals surface area contributed by atoms with Crippen molar-refractivity contribution in [2.45, 2.75) is 6.61 Å². The highest BCUT2D eigenvalue weighted by Gasteiger charge is 2.04. The molecule has 4 nitrogen and oxygen atoms in total. The van der Waals surface area contributed by atoms with Gasteiger partial charge in [0.2, 0.25) is 5.88 Å². The van der Waals surface area contributed by atoms with E-state index < -0.39 is 0 Å². The van der Waals surface area contributed by atoms with Crippen LogP contribution in [-0.2, 0) is 6.61 Å². The molecule has 0 aliphatic carbocycles. The molecule has 0 atom stereocenters. The lowest BCUT2D eigenvalue weighted by atomic mass is 10.4. The lowest BCUT2D eigenvalue weighted by Crippen LogP contribution is -1.97. The number of nitrogens with two attached hydrogens (primary N) is 1. The van der Waals surface area contributed by atoms with E-state index in [1.54, 1.807) is 18.5 Å². The number of rotatable bonds is 3. The van der Waals surface area contributed by atoms with Crippen LogP contribution in [0.5, 0.6) is 5.88 Å². The van der Waals surface area contributed by atoms with Gasteiger partial charge in [0.15, 0.2) is 0 Å². The maximum Gasteiger partial charge on any atom is 0.228 e. The third-order valence-electron chi connectivity index (χ3n) is 1.76. The first-order valence-electron chi connectivity index (χ1n) is 4.32. The van der Waals surface area contributed by atoms with Gasteiger partial charge in [-0.05, 0) is 34.1 Å². The van der Waals surface area contributed by atoms with E-state index in [1.807, 2.05) is 12.1 Å². The number of nitrogen functional groups attached to an aromatic ring is 1. The Hall–Kier alpha value is -1.49. The van der Waals surface area contributed by atoms with E-state index in [0.717, 1.165) is 10.2 Å². The van der Waals surface area contributed by atoms with Crippen molar-refractivity contribution in [3.8, 4) is 5.88 Å². The minimum absolute atomic E-state index is 0.350. The molecule has 0 unspecified atom stereocenters. The van der Waals surface area contributed by atoms with E-state index in [-0.39, 0.29) is 0 Å². The van der Waals surface area contributed by atoms with Crippen molar-refractivity contribution in [3.63, 3.8) is 0 Å². The topological polar surface area (TPSA) is 61.3 Å². The van der Waals surface area contributed by atoms with Crippen LogP contribution < -0.4 is 10.5 Å². The van der Waals surface area contributed by atoms with Crippen LogP contribution in [0.3, 0.4) is 0 Å². The minimum Gasteiger partial charge on any atom is -0.469 e. The molecule has 0 saturated carbocycles. The summed E-state index contributed by atoms with van der Waals surface area (Å²) in [4.78, 5) is 4.04. The Morgan fingerprint density at radius 3 is 3.07 bits per heavy atom. The number of aromatic nitrogens is 1. The first kappa shape index (κ1) is 10.0. The molecule has 15 heavy (non-hydrogen) atoms. The van der Waals surface area contributed by atoms with Crippen molar-refractivity contribution < 1.29 is 9.15 Å². The average molecular weight is 269 g/mol. The van der Waals surface area contributed by atoms with Crippen molar-refractivity contribution >= 4 is 21.6 Å². The van der Waals surface area contributed by atoms with E-state index in [2.05, 4.69) is 20.9 Å². The van der Waals surface area contributed by atoms with Crippen LogP contribution in [0.2, 0.25) is 0 Å². The largest absolute Gasteiger partial charge is 0.469 e. The van der Waals surface area contributed by atoms with Gasteiger partial charge in [-0.1, -0.05) is 0 Å². The van der Waals surface area contributed by atoms with E-state index in [9.17, 15) is 0 Å². The summed E-state index contributed by atoms with van der Waals surface area (Å²) >= 11 is 3.31. The molecule has 2 aromatic heterocycles. The normalized spacial score (nSPS) is 10.2. The highest BCUT2D eigenvalue weighted by Crippen LogP contribution is 2.24. The first-order chi connectivity index (χ1) is 7.25. The predicted molar refractivity (Wildman–Crippen MR) is 59.4 cm³/mol. The summed E-state index contributed by atoms with van der Waals surface area (Å²) in [5.41, 5.74) is 6.14. The lowest BCUT2D eigenvalue weighted by Gasteiger charge is -2.05. The average Bonchev–Trinajstić information content (AvgIpc) is 2.69. The van der Waals surface area contributed by atoms with Crippen molar-refractivity contribution in [1.82, 2.24) is 4.98 Å². The summed E-state index contributed by atoms with van der Waals surface area (Å²) in [5, 5.41) is 0. The number of halogens is 1. The van der Waals surface area contributed by atoms with Crippen LogP contribution >= 0.6 is 15.9 Å². The molecule has 2 aromatic rings. The second kappa shape index (κ2) is 4.35. The highest BCUT2D eigenvalue weighted by molar-refractivity contribution is 9.10. The molecule has 0 spiro atoms. The zero-order chi connectivity index (χ0) is 10.7. The monoisotopic (exact) mass is 268 g/mol. The Balaban J connectivity index is 2.05. The van der Waals surface area contributed by atoms with Gasteiger partial charge in [-0.25, -0.2) is 4.98 Å².